The van der Waals surface area contributed by atoms with Gasteiger partial charge in [-0.1, -0.05) is 0 Å². The lowest BCUT2D eigenvalue weighted by atomic mass is 9.92. The summed E-state index contributed by atoms with van der Waals surface area (Å²) in [5.74, 6) is -0.493. The van der Waals surface area contributed by atoms with Gasteiger partial charge in [0.1, 0.15) is 5.82 Å². The maximum absolute atomic E-state index is 13.6. The van der Waals surface area contributed by atoms with Gasteiger partial charge in [0.15, 0.2) is 0 Å². The molecule has 1 aromatic heterocycles. The highest BCUT2D eigenvalue weighted by Gasteiger charge is 2.33. The van der Waals surface area contributed by atoms with E-state index in [1.807, 2.05) is 0 Å². The zero-order valence-corrected chi connectivity index (χ0v) is 11.9. The molecule has 1 aliphatic rings. The number of carbonyl (C=O) groups excluding carboxylic acids is 1. The highest BCUT2D eigenvalue weighted by atomic mass is 19.4. The molecule has 0 aromatic carbocycles. The van der Waals surface area contributed by atoms with Crippen molar-refractivity contribution in [1.29, 1.82) is 0 Å². The van der Waals surface area contributed by atoms with Crippen LogP contribution in [0.15, 0.2) is 12.3 Å². The fraction of sp³-hybridized carbons (Fsp3) is 0.571. The Morgan fingerprint density at radius 3 is 2.64 bits per heavy atom. The van der Waals surface area contributed by atoms with E-state index in [9.17, 15) is 22.4 Å². The van der Waals surface area contributed by atoms with E-state index in [-0.39, 0.29) is 12.5 Å². The molecule has 8 heteroatoms. The van der Waals surface area contributed by atoms with Crippen LogP contribution < -0.4 is 5.32 Å². The summed E-state index contributed by atoms with van der Waals surface area (Å²) >= 11 is 0. The van der Waals surface area contributed by atoms with Crippen molar-refractivity contribution in [3.63, 3.8) is 0 Å². The Kier molecular flexibility index (Phi) is 5.33. The Morgan fingerprint density at radius 1 is 1.36 bits per heavy atom. The lowest BCUT2D eigenvalue weighted by Crippen LogP contribution is -2.39. The van der Waals surface area contributed by atoms with E-state index in [1.165, 1.54) is 4.90 Å². The van der Waals surface area contributed by atoms with Crippen LogP contribution in [0, 0.1) is 5.82 Å². The molecular formula is C14H17F4N3O. The number of alkyl halides is 3. The maximum Gasteiger partial charge on any atom is 0.401 e. The Hall–Kier alpha value is -1.70. The van der Waals surface area contributed by atoms with Gasteiger partial charge in [-0.2, -0.15) is 13.2 Å². The van der Waals surface area contributed by atoms with E-state index in [0.29, 0.717) is 43.6 Å². The van der Waals surface area contributed by atoms with Crippen molar-refractivity contribution < 1.29 is 22.4 Å². The molecule has 0 saturated carbocycles. The van der Waals surface area contributed by atoms with E-state index in [2.05, 4.69) is 10.3 Å². The first-order chi connectivity index (χ1) is 10.4. The molecule has 1 amide bonds. The first-order valence-electron chi connectivity index (χ1n) is 6.99. The molecule has 1 saturated heterocycles. The number of halogens is 4. The minimum absolute atomic E-state index is 0.0139. The minimum atomic E-state index is -4.19. The van der Waals surface area contributed by atoms with Gasteiger partial charge in [-0.05, 0) is 32.0 Å². The predicted molar refractivity (Wildman–Crippen MR) is 71.6 cm³/mol. The van der Waals surface area contributed by atoms with Crippen LogP contribution in [0.1, 0.15) is 30.0 Å². The van der Waals surface area contributed by atoms with E-state index in [4.69, 9.17) is 0 Å². The molecule has 1 fully saturated rings. The molecule has 1 N–H and O–H groups in total. The molecule has 1 aliphatic heterocycles. The molecule has 2 heterocycles. The smallest absolute Gasteiger partial charge is 0.354 e. The second-order valence-corrected chi connectivity index (χ2v) is 5.36. The van der Waals surface area contributed by atoms with E-state index >= 15 is 0 Å². The number of piperidine rings is 1. The van der Waals surface area contributed by atoms with Crippen LogP contribution in [-0.4, -0.2) is 42.1 Å². The number of aromatic nitrogens is 1. The van der Waals surface area contributed by atoms with Gasteiger partial charge < -0.3 is 5.32 Å². The van der Waals surface area contributed by atoms with Crippen LogP contribution in [0.2, 0.25) is 0 Å². The summed E-state index contributed by atoms with van der Waals surface area (Å²) in [7, 11) is 0. The number of hydrogen-bond acceptors (Lipinski definition) is 3. The highest BCUT2D eigenvalue weighted by Crippen LogP contribution is 2.29. The molecule has 0 bridgehead atoms. The van der Waals surface area contributed by atoms with Crippen LogP contribution in [0.25, 0.3) is 0 Å². The number of carbonyl (C=O) groups is 1. The molecule has 0 radical (unpaired) electrons. The van der Waals surface area contributed by atoms with Gasteiger partial charge in [0.05, 0.1) is 12.7 Å². The maximum atomic E-state index is 13.6. The second kappa shape index (κ2) is 7.04. The van der Waals surface area contributed by atoms with Gasteiger partial charge in [0.25, 0.3) is 0 Å². The third-order valence-electron chi connectivity index (χ3n) is 3.74. The number of pyridine rings is 1. The van der Waals surface area contributed by atoms with Gasteiger partial charge >= 0.3 is 6.18 Å². The summed E-state index contributed by atoms with van der Waals surface area (Å²) in [6.07, 6.45) is -1.51. The lowest BCUT2D eigenvalue weighted by molar-refractivity contribution is -0.148. The standard InChI is InChI=1S/C14H17F4N3O/c15-12-7-20-13(5-11(12)6-19-9-22)10-1-3-21(4-2-10)8-14(16,17)18/h5,7,9-10H,1-4,6,8H2,(H,19,22). The molecule has 0 unspecified atom stereocenters. The third-order valence-corrected chi connectivity index (χ3v) is 3.74. The van der Waals surface area contributed by atoms with Gasteiger partial charge in [-0.3, -0.25) is 14.7 Å². The van der Waals surface area contributed by atoms with Crippen LogP contribution in [0.4, 0.5) is 17.6 Å². The number of hydrogen-bond donors (Lipinski definition) is 1. The minimum Gasteiger partial charge on any atom is -0.354 e. The summed E-state index contributed by atoms with van der Waals surface area (Å²) < 4.78 is 50.6. The van der Waals surface area contributed by atoms with Crippen molar-refractivity contribution in [2.75, 3.05) is 19.6 Å². The monoisotopic (exact) mass is 319 g/mol. The number of likely N-dealkylation sites (tertiary alicyclic amines) is 1. The van der Waals surface area contributed by atoms with Crippen LogP contribution in [0.5, 0.6) is 0 Å². The summed E-state index contributed by atoms with van der Waals surface area (Å²) in [6, 6.07) is 1.58. The van der Waals surface area contributed by atoms with Crippen molar-refractivity contribution in [2.45, 2.75) is 31.5 Å². The normalized spacial score (nSPS) is 17.5. The lowest BCUT2D eigenvalue weighted by Gasteiger charge is -2.32. The van der Waals surface area contributed by atoms with E-state index < -0.39 is 18.5 Å². The number of rotatable bonds is 5. The van der Waals surface area contributed by atoms with Crippen LogP contribution in [-0.2, 0) is 11.3 Å². The summed E-state index contributed by atoms with van der Waals surface area (Å²) in [6.45, 7) is -0.154. The second-order valence-electron chi connectivity index (χ2n) is 5.36. The van der Waals surface area contributed by atoms with Crippen molar-refractivity contribution in [2.24, 2.45) is 0 Å². The SMILES string of the molecule is O=CNCc1cc(C2CCN(CC(F)(F)F)CC2)ncc1F. The molecule has 4 nitrogen and oxygen atoms in total. The average molecular weight is 319 g/mol. The summed E-state index contributed by atoms with van der Waals surface area (Å²) in [5.41, 5.74) is 0.991. The largest absolute Gasteiger partial charge is 0.401 e. The molecule has 122 valence electrons. The molecule has 1 aromatic rings. The van der Waals surface area contributed by atoms with Crippen LogP contribution in [0.3, 0.4) is 0 Å². The third kappa shape index (κ3) is 4.66. The fourth-order valence-electron chi connectivity index (χ4n) is 2.65. The first kappa shape index (κ1) is 16.7. The zero-order chi connectivity index (χ0) is 16.2. The van der Waals surface area contributed by atoms with Crippen molar-refractivity contribution in [3.8, 4) is 0 Å². The molecule has 0 atom stereocenters. The van der Waals surface area contributed by atoms with Crippen LogP contribution >= 0.6 is 0 Å². The zero-order valence-electron chi connectivity index (χ0n) is 11.9. The number of amides is 1. The van der Waals surface area contributed by atoms with Crippen molar-refractivity contribution >= 4 is 6.41 Å². The molecular weight excluding hydrogens is 302 g/mol. The average Bonchev–Trinajstić information content (AvgIpc) is 2.46. The Morgan fingerprint density at radius 2 is 2.05 bits per heavy atom. The quantitative estimate of drug-likeness (QED) is 0.668. The van der Waals surface area contributed by atoms with Gasteiger partial charge in [-0.15, -0.1) is 0 Å². The molecule has 0 spiro atoms. The highest BCUT2D eigenvalue weighted by molar-refractivity contribution is 5.46. The number of nitrogens with one attached hydrogen (secondary N) is 1. The Bertz CT molecular complexity index is 513. The van der Waals surface area contributed by atoms with E-state index in [1.54, 1.807) is 6.07 Å². The number of nitrogens with zero attached hydrogens (tertiary/aromatic N) is 2. The fourth-order valence-corrected chi connectivity index (χ4v) is 2.65. The summed E-state index contributed by atoms with van der Waals surface area (Å²) in [4.78, 5) is 15.7. The Labute approximate surface area is 125 Å². The van der Waals surface area contributed by atoms with Crippen molar-refractivity contribution in [1.82, 2.24) is 15.2 Å². The Balaban J connectivity index is 1.97. The molecule has 22 heavy (non-hydrogen) atoms. The topological polar surface area (TPSA) is 45.2 Å². The molecule has 2 rings (SSSR count). The summed E-state index contributed by atoms with van der Waals surface area (Å²) in [5, 5.41) is 2.39. The van der Waals surface area contributed by atoms with Gasteiger partial charge in [0, 0.05) is 23.7 Å². The van der Waals surface area contributed by atoms with Crippen molar-refractivity contribution in [3.05, 3.63) is 29.3 Å². The van der Waals surface area contributed by atoms with Gasteiger partial charge in [0.2, 0.25) is 6.41 Å². The first-order valence-corrected chi connectivity index (χ1v) is 6.99. The predicted octanol–water partition coefficient (Wildman–Crippen LogP) is 2.21. The van der Waals surface area contributed by atoms with Gasteiger partial charge in [-0.25, -0.2) is 4.39 Å². The molecule has 0 aliphatic carbocycles. The van der Waals surface area contributed by atoms with E-state index in [0.717, 1.165) is 6.20 Å².